The van der Waals surface area contributed by atoms with Gasteiger partial charge in [-0.1, -0.05) is 46.3 Å². The van der Waals surface area contributed by atoms with Gasteiger partial charge in [0.25, 0.3) is 0 Å². The maximum Gasteiger partial charge on any atom is 0.340 e. The highest BCUT2D eigenvalue weighted by molar-refractivity contribution is 9.10. The molecule has 0 aliphatic heterocycles. The molecule has 3 aromatic rings. The minimum absolute atomic E-state index is 0.401. The number of benzene rings is 2. The molecule has 1 atom stereocenters. The van der Waals surface area contributed by atoms with E-state index in [1.807, 2.05) is 54.6 Å². The Kier molecular flexibility index (Phi) is 4.59. The topological polar surface area (TPSA) is 63.0 Å². The first-order chi connectivity index (χ1) is 11.6. The lowest BCUT2D eigenvalue weighted by atomic mass is 10.0. The molecule has 0 aliphatic carbocycles. The van der Waals surface area contributed by atoms with Crippen molar-refractivity contribution in [1.82, 2.24) is 4.98 Å². The Bertz CT molecular complexity index is 963. The number of aromatic nitrogens is 1. The Balaban J connectivity index is 2.17. The number of nitriles is 1. The molecule has 0 fully saturated rings. The van der Waals surface area contributed by atoms with Gasteiger partial charge >= 0.3 is 5.97 Å². The van der Waals surface area contributed by atoms with E-state index in [0.29, 0.717) is 22.2 Å². The van der Waals surface area contributed by atoms with E-state index in [1.54, 1.807) is 6.07 Å². The normalized spacial score (nSPS) is 11.7. The van der Waals surface area contributed by atoms with Crippen molar-refractivity contribution in [2.24, 2.45) is 0 Å². The van der Waals surface area contributed by atoms with Gasteiger partial charge < -0.3 is 4.74 Å². The molecule has 2 aromatic carbocycles. The summed E-state index contributed by atoms with van der Waals surface area (Å²) in [6.07, 6.45) is -0.807. The van der Waals surface area contributed by atoms with E-state index in [9.17, 15) is 4.79 Å². The number of esters is 1. The lowest BCUT2D eigenvalue weighted by Gasteiger charge is -2.11. The van der Waals surface area contributed by atoms with Crippen LogP contribution in [0.2, 0.25) is 0 Å². The molecule has 0 N–H and O–H groups in total. The second-order valence-corrected chi connectivity index (χ2v) is 6.17. The van der Waals surface area contributed by atoms with Crippen LogP contribution in [0.15, 0.2) is 59.1 Å². The maximum atomic E-state index is 12.5. The van der Waals surface area contributed by atoms with Gasteiger partial charge in [-0.15, -0.1) is 0 Å². The molecule has 0 amide bonds. The van der Waals surface area contributed by atoms with Crippen molar-refractivity contribution in [2.45, 2.75) is 13.0 Å². The molecule has 0 spiro atoms. The minimum Gasteiger partial charge on any atom is -0.444 e. The summed E-state index contributed by atoms with van der Waals surface area (Å²) < 4.78 is 6.10. The van der Waals surface area contributed by atoms with E-state index in [4.69, 9.17) is 10.00 Å². The first-order valence-electron chi connectivity index (χ1n) is 7.35. The van der Waals surface area contributed by atoms with Crippen LogP contribution in [-0.4, -0.2) is 17.1 Å². The van der Waals surface area contributed by atoms with Gasteiger partial charge in [0, 0.05) is 15.4 Å². The standard InChI is InChI=1S/C19H13BrN2O2/c1-12(11-21)24-19(23)16-10-18(13-5-4-6-14(20)9-13)22-17-8-3-2-7-15(16)17/h2-10,12H,1H3/t12-/m1/s1. The Morgan fingerprint density at radius 3 is 2.75 bits per heavy atom. The van der Waals surface area contributed by atoms with Gasteiger partial charge in [-0.05, 0) is 31.2 Å². The number of carbonyl (C=O) groups excluding carboxylic acids is 1. The van der Waals surface area contributed by atoms with Crippen molar-refractivity contribution in [3.8, 4) is 17.3 Å². The fraction of sp³-hybridized carbons (Fsp3) is 0.105. The molecule has 0 aliphatic rings. The van der Waals surface area contributed by atoms with Crippen LogP contribution in [-0.2, 0) is 4.74 Å². The number of pyridine rings is 1. The summed E-state index contributed by atoms with van der Waals surface area (Å²) in [5.74, 6) is -0.529. The summed E-state index contributed by atoms with van der Waals surface area (Å²) in [5, 5.41) is 9.56. The SMILES string of the molecule is C[C@H](C#N)OC(=O)c1cc(-c2cccc(Br)c2)nc2ccccc12. The molecule has 0 radical (unpaired) electrons. The number of rotatable bonds is 3. The molecule has 3 rings (SSSR count). The second kappa shape index (κ2) is 6.81. The quantitative estimate of drug-likeness (QED) is 0.615. The molecule has 0 bridgehead atoms. The molecule has 0 unspecified atom stereocenters. The van der Waals surface area contributed by atoms with E-state index in [-0.39, 0.29) is 0 Å². The highest BCUT2D eigenvalue weighted by Gasteiger charge is 2.17. The van der Waals surface area contributed by atoms with Gasteiger partial charge in [0.1, 0.15) is 6.07 Å². The predicted molar refractivity (Wildman–Crippen MR) is 95.4 cm³/mol. The van der Waals surface area contributed by atoms with Gasteiger partial charge in [0.05, 0.1) is 16.8 Å². The third kappa shape index (κ3) is 3.29. The van der Waals surface area contributed by atoms with Crippen molar-refractivity contribution in [3.05, 3.63) is 64.6 Å². The van der Waals surface area contributed by atoms with E-state index in [1.165, 1.54) is 6.92 Å². The fourth-order valence-electron chi connectivity index (χ4n) is 2.39. The van der Waals surface area contributed by atoms with Gasteiger partial charge in [-0.3, -0.25) is 0 Å². The molecule has 5 heteroatoms. The van der Waals surface area contributed by atoms with Crippen LogP contribution >= 0.6 is 15.9 Å². The summed E-state index contributed by atoms with van der Waals surface area (Å²) >= 11 is 3.44. The van der Waals surface area contributed by atoms with Crippen LogP contribution in [0.1, 0.15) is 17.3 Å². The van der Waals surface area contributed by atoms with Crippen molar-refractivity contribution in [2.75, 3.05) is 0 Å². The van der Waals surface area contributed by atoms with Crippen molar-refractivity contribution >= 4 is 32.8 Å². The van der Waals surface area contributed by atoms with Crippen LogP contribution in [0, 0.1) is 11.3 Å². The van der Waals surface area contributed by atoms with Crippen LogP contribution in [0.25, 0.3) is 22.2 Å². The summed E-state index contributed by atoms with van der Waals surface area (Å²) in [7, 11) is 0. The van der Waals surface area contributed by atoms with Crippen molar-refractivity contribution in [1.29, 1.82) is 5.26 Å². The van der Waals surface area contributed by atoms with Crippen LogP contribution in [0.4, 0.5) is 0 Å². The number of nitrogens with zero attached hydrogens (tertiary/aromatic N) is 2. The number of para-hydroxylation sites is 1. The third-order valence-corrected chi connectivity index (χ3v) is 4.02. The van der Waals surface area contributed by atoms with Crippen LogP contribution in [0.3, 0.4) is 0 Å². The smallest absolute Gasteiger partial charge is 0.340 e. The molecule has 24 heavy (non-hydrogen) atoms. The number of hydrogen-bond acceptors (Lipinski definition) is 4. The average Bonchev–Trinajstić information content (AvgIpc) is 2.60. The zero-order chi connectivity index (χ0) is 17.1. The molecular formula is C19H13BrN2O2. The second-order valence-electron chi connectivity index (χ2n) is 5.26. The molecule has 4 nitrogen and oxygen atoms in total. The van der Waals surface area contributed by atoms with E-state index in [2.05, 4.69) is 20.9 Å². The molecule has 1 aromatic heterocycles. The highest BCUT2D eigenvalue weighted by atomic mass is 79.9. The number of fused-ring (bicyclic) bond motifs is 1. The van der Waals surface area contributed by atoms with E-state index >= 15 is 0 Å². The summed E-state index contributed by atoms with van der Waals surface area (Å²) in [5.41, 5.74) is 2.66. The van der Waals surface area contributed by atoms with Gasteiger partial charge in [0.2, 0.25) is 0 Å². The van der Waals surface area contributed by atoms with Gasteiger partial charge in [-0.25, -0.2) is 9.78 Å². The number of hydrogen-bond donors (Lipinski definition) is 0. The Labute approximate surface area is 147 Å². The van der Waals surface area contributed by atoms with E-state index in [0.717, 1.165) is 10.0 Å². The maximum absolute atomic E-state index is 12.5. The summed E-state index contributed by atoms with van der Waals surface area (Å²) in [4.78, 5) is 17.1. The minimum atomic E-state index is -0.807. The molecular weight excluding hydrogens is 368 g/mol. The zero-order valence-corrected chi connectivity index (χ0v) is 14.4. The molecule has 0 saturated carbocycles. The number of carbonyl (C=O) groups is 1. The Morgan fingerprint density at radius 1 is 1.21 bits per heavy atom. The van der Waals surface area contributed by atoms with Crippen molar-refractivity contribution in [3.63, 3.8) is 0 Å². The lowest BCUT2D eigenvalue weighted by molar-refractivity contribution is 0.0438. The van der Waals surface area contributed by atoms with Gasteiger partial charge in [-0.2, -0.15) is 5.26 Å². The monoisotopic (exact) mass is 380 g/mol. The average molecular weight is 381 g/mol. The first kappa shape index (κ1) is 16.2. The van der Waals surface area contributed by atoms with Gasteiger partial charge in [0.15, 0.2) is 6.10 Å². The number of halogens is 1. The van der Waals surface area contributed by atoms with Crippen molar-refractivity contribution < 1.29 is 9.53 Å². The summed E-state index contributed by atoms with van der Waals surface area (Å²) in [6.45, 7) is 1.54. The molecule has 118 valence electrons. The summed E-state index contributed by atoms with van der Waals surface area (Å²) in [6, 6.07) is 18.7. The predicted octanol–water partition coefficient (Wildman–Crippen LogP) is 4.73. The lowest BCUT2D eigenvalue weighted by Crippen LogP contribution is -2.14. The van der Waals surface area contributed by atoms with Crippen LogP contribution in [0.5, 0.6) is 0 Å². The largest absolute Gasteiger partial charge is 0.444 e. The number of ether oxygens (including phenoxy) is 1. The fourth-order valence-corrected chi connectivity index (χ4v) is 2.79. The molecule has 0 saturated heterocycles. The van der Waals surface area contributed by atoms with Crippen LogP contribution < -0.4 is 0 Å². The Morgan fingerprint density at radius 2 is 2.00 bits per heavy atom. The third-order valence-electron chi connectivity index (χ3n) is 3.52. The van der Waals surface area contributed by atoms with E-state index < -0.39 is 12.1 Å². The highest BCUT2D eigenvalue weighted by Crippen LogP contribution is 2.27. The first-order valence-corrected chi connectivity index (χ1v) is 8.14. The molecule has 1 heterocycles. The zero-order valence-electron chi connectivity index (χ0n) is 12.9. The Hall–Kier alpha value is -2.71.